The Balaban J connectivity index is 0.000000396. The fraction of sp³-hybridized carbons (Fsp3) is 0.600. The lowest BCUT2D eigenvalue weighted by Gasteiger charge is -2.36. The van der Waals surface area contributed by atoms with Gasteiger partial charge in [0.15, 0.2) is 0 Å². The molecule has 2 aliphatic rings. The van der Waals surface area contributed by atoms with Gasteiger partial charge in [0.05, 0.1) is 12.3 Å². The number of hydrogen-bond donors (Lipinski definition) is 2. The molecule has 7 nitrogen and oxygen atoms in total. The van der Waals surface area contributed by atoms with Gasteiger partial charge in [0.1, 0.15) is 5.60 Å². The van der Waals surface area contributed by atoms with Crippen LogP contribution in [0.5, 0.6) is 0 Å². The van der Waals surface area contributed by atoms with Gasteiger partial charge >= 0.3 is 18.1 Å². The Morgan fingerprint density at radius 1 is 1.30 bits per heavy atom. The largest absolute Gasteiger partial charge is 0.490 e. The number of aromatic nitrogens is 1. The monoisotopic (exact) mass is 430 g/mol. The normalized spacial score (nSPS) is 20.1. The van der Waals surface area contributed by atoms with Crippen molar-refractivity contribution >= 4 is 17.8 Å². The highest BCUT2D eigenvalue weighted by Crippen LogP contribution is 2.44. The van der Waals surface area contributed by atoms with E-state index in [1.54, 1.807) is 6.20 Å². The Labute approximate surface area is 172 Å². The van der Waals surface area contributed by atoms with Crippen LogP contribution < -0.4 is 5.32 Å². The Hall–Kier alpha value is -2.65. The van der Waals surface area contributed by atoms with Crippen LogP contribution in [0.1, 0.15) is 49.8 Å². The fourth-order valence-corrected chi connectivity index (χ4v) is 3.83. The molecule has 166 valence electrons. The first-order chi connectivity index (χ1) is 14.0. The molecule has 0 radical (unpaired) electrons. The molecular weight excluding hydrogens is 405 g/mol. The Kier molecular flexibility index (Phi) is 7.80. The molecule has 1 aromatic rings. The van der Waals surface area contributed by atoms with Gasteiger partial charge in [0, 0.05) is 24.9 Å². The van der Waals surface area contributed by atoms with Crippen LogP contribution in [-0.4, -0.2) is 46.3 Å². The predicted octanol–water partition coefficient (Wildman–Crippen LogP) is 2.95. The first-order valence-corrected chi connectivity index (χ1v) is 9.75. The number of nitrogens with zero attached hydrogens (tertiary/aromatic N) is 1. The van der Waals surface area contributed by atoms with Crippen molar-refractivity contribution < 1.29 is 37.4 Å². The standard InChI is InChI=1S/C18H24N2O3.C2HF3O2/c1-13-6-5-10-19-15(13)7-11-20-17(22)14-12-16(21)23-18(14)8-3-2-4-9-18;3-2(4,5)1(6)7/h5-6,10,14H,2-4,7-9,11-12H2,1H3,(H,20,22);(H,6,7). The second-order valence-corrected chi connectivity index (χ2v) is 7.47. The molecule has 0 bridgehead atoms. The van der Waals surface area contributed by atoms with Crippen LogP contribution in [0.4, 0.5) is 13.2 Å². The van der Waals surface area contributed by atoms with E-state index in [1.165, 1.54) is 0 Å². The predicted molar refractivity (Wildman–Crippen MR) is 99.4 cm³/mol. The number of pyridine rings is 1. The summed E-state index contributed by atoms with van der Waals surface area (Å²) < 4.78 is 37.3. The molecule has 1 saturated carbocycles. The van der Waals surface area contributed by atoms with Crippen molar-refractivity contribution in [1.29, 1.82) is 0 Å². The summed E-state index contributed by atoms with van der Waals surface area (Å²) in [5.41, 5.74) is 1.59. The molecule has 1 amide bonds. The van der Waals surface area contributed by atoms with Gasteiger partial charge in [-0.3, -0.25) is 14.6 Å². The molecule has 0 aromatic carbocycles. The third kappa shape index (κ3) is 6.17. The molecule has 1 unspecified atom stereocenters. The van der Waals surface area contributed by atoms with Crippen LogP contribution in [-0.2, 0) is 25.5 Å². The summed E-state index contributed by atoms with van der Waals surface area (Å²) in [7, 11) is 0. The number of hydrogen-bond acceptors (Lipinski definition) is 5. The van der Waals surface area contributed by atoms with Crippen LogP contribution in [0.2, 0.25) is 0 Å². The number of rotatable bonds is 4. The summed E-state index contributed by atoms with van der Waals surface area (Å²) in [6.07, 6.45) is 2.46. The average molecular weight is 430 g/mol. The SMILES string of the molecule is Cc1cccnc1CCNC(=O)C1CC(=O)OC12CCCCC2.O=C(O)C(F)(F)F. The number of carboxylic acid groups (broad SMARTS) is 1. The van der Waals surface area contributed by atoms with E-state index in [-0.39, 0.29) is 24.2 Å². The molecule has 1 aliphatic heterocycles. The molecule has 2 fully saturated rings. The number of amides is 1. The van der Waals surface area contributed by atoms with Crippen molar-refractivity contribution in [3.05, 3.63) is 29.6 Å². The number of carbonyl (C=O) groups excluding carboxylic acids is 2. The molecule has 10 heteroatoms. The first-order valence-electron chi connectivity index (χ1n) is 9.75. The second-order valence-electron chi connectivity index (χ2n) is 7.47. The molecule has 1 atom stereocenters. The number of carbonyl (C=O) groups is 3. The third-order valence-corrected chi connectivity index (χ3v) is 5.36. The van der Waals surface area contributed by atoms with Crippen molar-refractivity contribution in [1.82, 2.24) is 10.3 Å². The van der Waals surface area contributed by atoms with E-state index < -0.39 is 17.7 Å². The molecule has 1 aromatic heterocycles. The number of esters is 1. The lowest BCUT2D eigenvalue weighted by molar-refractivity contribution is -0.192. The Morgan fingerprint density at radius 2 is 1.93 bits per heavy atom. The average Bonchev–Trinajstić information content (AvgIpc) is 2.99. The van der Waals surface area contributed by atoms with Gasteiger partial charge in [-0.25, -0.2) is 4.79 Å². The smallest absolute Gasteiger partial charge is 0.475 e. The number of ether oxygens (including phenoxy) is 1. The number of halogens is 3. The van der Waals surface area contributed by atoms with Crippen molar-refractivity contribution in [3.63, 3.8) is 0 Å². The van der Waals surface area contributed by atoms with Gasteiger partial charge in [0.25, 0.3) is 0 Å². The van der Waals surface area contributed by atoms with Gasteiger partial charge in [-0.15, -0.1) is 0 Å². The quantitative estimate of drug-likeness (QED) is 0.712. The summed E-state index contributed by atoms with van der Waals surface area (Å²) in [5.74, 6) is -3.37. The highest BCUT2D eigenvalue weighted by Gasteiger charge is 2.52. The van der Waals surface area contributed by atoms with E-state index in [4.69, 9.17) is 14.6 Å². The lowest BCUT2D eigenvalue weighted by Crippen LogP contribution is -2.46. The molecule has 3 rings (SSSR count). The van der Waals surface area contributed by atoms with E-state index in [2.05, 4.69) is 10.3 Å². The van der Waals surface area contributed by atoms with E-state index in [0.29, 0.717) is 13.0 Å². The number of aliphatic carboxylic acids is 1. The fourth-order valence-electron chi connectivity index (χ4n) is 3.83. The first kappa shape index (κ1) is 23.6. The Morgan fingerprint density at radius 3 is 2.50 bits per heavy atom. The van der Waals surface area contributed by atoms with Crippen molar-refractivity contribution in [2.45, 2.75) is 63.6 Å². The topological polar surface area (TPSA) is 106 Å². The van der Waals surface area contributed by atoms with Crippen LogP contribution in [0, 0.1) is 12.8 Å². The zero-order chi connectivity index (χ0) is 22.4. The van der Waals surface area contributed by atoms with Crippen LogP contribution in [0.25, 0.3) is 0 Å². The highest BCUT2D eigenvalue weighted by molar-refractivity contribution is 5.87. The van der Waals surface area contributed by atoms with Crippen molar-refractivity contribution in [2.75, 3.05) is 6.54 Å². The molecule has 2 heterocycles. The van der Waals surface area contributed by atoms with E-state index in [9.17, 15) is 22.8 Å². The van der Waals surface area contributed by atoms with E-state index >= 15 is 0 Å². The third-order valence-electron chi connectivity index (χ3n) is 5.36. The number of alkyl halides is 3. The second kappa shape index (κ2) is 9.90. The van der Waals surface area contributed by atoms with Crippen LogP contribution in [0.15, 0.2) is 18.3 Å². The summed E-state index contributed by atoms with van der Waals surface area (Å²) in [6.45, 7) is 2.56. The van der Waals surface area contributed by atoms with Gasteiger partial charge < -0.3 is 15.2 Å². The Bertz CT molecular complexity index is 776. The van der Waals surface area contributed by atoms with E-state index in [0.717, 1.165) is 43.4 Å². The molecule has 2 N–H and O–H groups in total. The molecular formula is C20H25F3N2O5. The van der Waals surface area contributed by atoms with Crippen molar-refractivity contribution in [2.24, 2.45) is 5.92 Å². The molecule has 1 saturated heterocycles. The maximum atomic E-state index is 12.6. The zero-order valence-electron chi connectivity index (χ0n) is 16.6. The maximum absolute atomic E-state index is 12.6. The molecule has 1 spiro atoms. The lowest BCUT2D eigenvalue weighted by atomic mass is 9.75. The number of aryl methyl sites for hydroxylation is 1. The van der Waals surface area contributed by atoms with E-state index in [1.807, 2.05) is 19.1 Å². The van der Waals surface area contributed by atoms with Gasteiger partial charge in [-0.2, -0.15) is 13.2 Å². The minimum Gasteiger partial charge on any atom is -0.475 e. The number of carboxylic acids is 1. The minimum atomic E-state index is -5.08. The summed E-state index contributed by atoms with van der Waals surface area (Å²) in [5, 5.41) is 10.1. The highest BCUT2D eigenvalue weighted by atomic mass is 19.4. The van der Waals surface area contributed by atoms with Crippen LogP contribution >= 0.6 is 0 Å². The molecule has 1 aliphatic carbocycles. The van der Waals surface area contributed by atoms with Gasteiger partial charge in [-0.1, -0.05) is 12.5 Å². The number of nitrogens with one attached hydrogen (secondary N) is 1. The molecule has 30 heavy (non-hydrogen) atoms. The summed E-state index contributed by atoms with van der Waals surface area (Å²) in [6, 6.07) is 3.93. The van der Waals surface area contributed by atoms with Gasteiger partial charge in [0.2, 0.25) is 5.91 Å². The maximum Gasteiger partial charge on any atom is 0.490 e. The summed E-state index contributed by atoms with van der Waals surface area (Å²) in [4.78, 5) is 37.6. The zero-order valence-corrected chi connectivity index (χ0v) is 16.6. The minimum absolute atomic E-state index is 0.0497. The van der Waals surface area contributed by atoms with Gasteiger partial charge in [-0.05, 0) is 44.2 Å². The van der Waals surface area contributed by atoms with Crippen LogP contribution in [0.3, 0.4) is 0 Å². The van der Waals surface area contributed by atoms with Crippen molar-refractivity contribution in [3.8, 4) is 0 Å². The summed E-state index contributed by atoms with van der Waals surface area (Å²) >= 11 is 0.